The van der Waals surface area contributed by atoms with Crippen LogP contribution in [0.25, 0.3) is 0 Å². The molecule has 7 heteroatoms. The number of carboxylic acid groups (broad SMARTS) is 1. The van der Waals surface area contributed by atoms with Gasteiger partial charge in [-0.25, -0.2) is 4.68 Å². The standard InChI is InChI=1S/C13H19N3O4/c1-7(13(19)20)6-15(4)11(17)10-8(2)9(3)14-16(5)12(10)18/h7H,6H2,1-5H3,(H,19,20). The van der Waals surface area contributed by atoms with E-state index in [0.717, 1.165) is 4.68 Å². The number of hydrogen-bond donors (Lipinski definition) is 1. The van der Waals surface area contributed by atoms with E-state index in [9.17, 15) is 14.4 Å². The van der Waals surface area contributed by atoms with Crippen molar-refractivity contribution in [2.24, 2.45) is 13.0 Å². The van der Waals surface area contributed by atoms with Gasteiger partial charge in [0.15, 0.2) is 0 Å². The van der Waals surface area contributed by atoms with Gasteiger partial charge in [0.1, 0.15) is 5.56 Å². The largest absolute Gasteiger partial charge is 0.481 e. The fourth-order valence-electron chi connectivity index (χ4n) is 1.86. The van der Waals surface area contributed by atoms with Crippen LogP contribution in [0.5, 0.6) is 0 Å². The van der Waals surface area contributed by atoms with Gasteiger partial charge in [-0.15, -0.1) is 0 Å². The number of carbonyl (C=O) groups is 2. The first-order valence-electron chi connectivity index (χ1n) is 6.19. The lowest BCUT2D eigenvalue weighted by Gasteiger charge is -2.20. The molecule has 0 aliphatic heterocycles. The molecular formula is C13H19N3O4. The molecule has 0 saturated heterocycles. The summed E-state index contributed by atoms with van der Waals surface area (Å²) in [6.45, 7) is 4.92. The quantitative estimate of drug-likeness (QED) is 0.850. The number of rotatable bonds is 4. The van der Waals surface area contributed by atoms with Gasteiger partial charge in [-0.05, 0) is 19.4 Å². The van der Waals surface area contributed by atoms with Crippen molar-refractivity contribution < 1.29 is 14.7 Å². The summed E-state index contributed by atoms with van der Waals surface area (Å²) >= 11 is 0. The van der Waals surface area contributed by atoms with E-state index < -0.39 is 23.4 Å². The molecule has 0 spiro atoms. The van der Waals surface area contributed by atoms with Crippen LogP contribution >= 0.6 is 0 Å². The summed E-state index contributed by atoms with van der Waals surface area (Å²) in [4.78, 5) is 36.5. The van der Waals surface area contributed by atoms with Gasteiger partial charge in [0.25, 0.3) is 11.5 Å². The lowest BCUT2D eigenvalue weighted by Crippen LogP contribution is -2.39. The lowest BCUT2D eigenvalue weighted by atomic mass is 10.1. The minimum Gasteiger partial charge on any atom is -0.481 e. The van der Waals surface area contributed by atoms with Gasteiger partial charge in [-0.1, -0.05) is 6.92 Å². The highest BCUT2D eigenvalue weighted by Gasteiger charge is 2.23. The monoisotopic (exact) mass is 281 g/mol. The first-order chi connectivity index (χ1) is 9.16. The van der Waals surface area contributed by atoms with Gasteiger partial charge < -0.3 is 10.0 Å². The number of nitrogens with zero attached hydrogens (tertiary/aromatic N) is 3. The van der Waals surface area contributed by atoms with E-state index in [0.29, 0.717) is 11.3 Å². The molecule has 0 aliphatic carbocycles. The molecule has 1 aromatic heterocycles. The highest BCUT2D eigenvalue weighted by molar-refractivity contribution is 5.95. The Morgan fingerprint density at radius 3 is 2.45 bits per heavy atom. The van der Waals surface area contributed by atoms with Crippen LogP contribution in [-0.4, -0.2) is 45.3 Å². The first-order valence-corrected chi connectivity index (χ1v) is 6.19. The maximum atomic E-state index is 12.3. The zero-order valence-corrected chi connectivity index (χ0v) is 12.3. The summed E-state index contributed by atoms with van der Waals surface area (Å²) in [7, 11) is 2.96. The third kappa shape index (κ3) is 3.04. The minimum absolute atomic E-state index is 0.0398. The Bertz CT molecular complexity index is 606. The predicted octanol–water partition coefficient (Wildman–Crippen LogP) is 0.190. The Morgan fingerprint density at radius 1 is 1.40 bits per heavy atom. The highest BCUT2D eigenvalue weighted by atomic mass is 16.4. The van der Waals surface area contributed by atoms with Crippen molar-refractivity contribution in [2.75, 3.05) is 13.6 Å². The van der Waals surface area contributed by atoms with E-state index in [4.69, 9.17) is 5.11 Å². The SMILES string of the molecule is Cc1nn(C)c(=O)c(C(=O)N(C)CC(C)C(=O)O)c1C. The molecule has 0 aliphatic rings. The molecule has 1 N–H and O–H groups in total. The molecule has 1 aromatic rings. The molecular weight excluding hydrogens is 262 g/mol. The Hall–Kier alpha value is -2.18. The van der Waals surface area contributed by atoms with E-state index in [1.807, 2.05) is 0 Å². The summed E-state index contributed by atoms with van der Waals surface area (Å²) < 4.78 is 1.12. The predicted molar refractivity (Wildman–Crippen MR) is 72.7 cm³/mol. The molecule has 110 valence electrons. The zero-order chi connectivity index (χ0) is 15.6. The molecule has 0 bridgehead atoms. The van der Waals surface area contributed by atoms with Crippen LogP contribution < -0.4 is 5.56 Å². The number of amides is 1. The van der Waals surface area contributed by atoms with Crippen LogP contribution in [0.1, 0.15) is 28.5 Å². The average molecular weight is 281 g/mol. The number of carboxylic acids is 1. The lowest BCUT2D eigenvalue weighted by molar-refractivity contribution is -0.141. The van der Waals surface area contributed by atoms with E-state index in [1.54, 1.807) is 13.8 Å². The number of aryl methyl sites for hydroxylation is 2. The maximum Gasteiger partial charge on any atom is 0.308 e. The summed E-state index contributed by atoms with van der Waals surface area (Å²) in [5, 5.41) is 12.9. The molecule has 0 radical (unpaired) electrons. The van der Waals surface area contributed by atoms with Crippen molar-refractivity contribution in [1.82, 2.24) is 14.7 Å². The smallest absolute Gasteiger partial charge is 0.308 e. The van der Waals surface area contributed by atoms with Crippen LogP contribution in [0.2, 0.25) is 0 Å². The van der Waals surface area contributed by atoms with Gasteiger partial charge in [0.05, 0.1) is 11.6 Å². The Balaban J connectivity index is 3.16. The number of aliphatic carboxylic acids is 1. The summed E-state index contributed by atoms with van der Waals surface area (Å²) in [6, 6.07) is 0. The number of carbonyl (C=O) groups excluding carboxylic acids is 1. The zero-order valence-electron chi connectivity index (χ0n) is 12.3. The summed E-state index contributed by atoms with van der Waals surface area (Å²) in [5.41, 5.74) is 0.677. The normalized spacial score (nSPS) is 12.1. The van der Waals surface area contributed by atoms with Crippen molar-refractivity contribution in [1.29, 1.82) is 0 Å². The number of aromatic nitrogens is 2. The molecule has 0 aromatic carbocycles. The molecule has 0 saturated carbocycles. The molecule has 20 heavy (non-hydrogen) atoms. The van der Waals surface area contributed by atoms with E-state index in [-0.39, 0.29) is 12.1 Å². The third-order valence-electron chi connectivity index (χ3n) is 3.26. The highest BCUT2D eigenvalue weighted by Crippen LogP contribution is 2.10. The van der Waals surface area contributed by atoms with Gasteiger partial charge in [0.2, 0.25) is 0 Å². The molecule has 1 rings (SSSR count). The summed E-state index contributed by atoms with van der Waals surface area (Å²) in [5.74, 6) is -2.17. The molecule has 1 atom stereocenters. The van der Waals surface area contributed by atoms with Crippen LogP contribution in [0.15, 0.2) is 4.79 Å². The van der Waals surface area contributed by atoms with Crippen molar-refractivity contribution in [3.05, 3.63) is 27.2 Å². The van der Waals surface area contributed by atoms with E-state index in [1.165, 1.54) is 25.9 Å². The van der Waals surface area contributed by atoms with Crippen LogP contribution in [0.4, 0.5) is 0 Å². The fourth-order valence-corrected chi connectivity index (χ4v) is 1.86. The van der Waals surface area contributed by atoms with E-state index >= 15 is 0 Å². The average Bonchev–Trinajstić information content (AvgIpc) is 2.36. The van der Waals surface area contributed by atoms with Crippen LogP contribution in [0.3, 0.4) is 0 Å². The van der Waals surface area contributed by atoms with Gasteiger partial charge >= 0.3 is 5.97 Å². The molecule has 1 heterocycles. The second-order valence-corrected chi connectivity index (χ2v) is 4.94. The molecule has 1 unspecified atom stereocenters. The minimum atomic E-state index is -0.986. The van der Waals surface area contributed by atoms with Crippen molar-refractivity contribution in [3.63, 3.8) is 0 Å². The van der Waals surface area contributed by atoms with Crippen molar-refractivity contribution >= 4 is 11.9 Å². The first kappa shape index (κ1) is 15.9. The summed E-state index contributed by atoms with van der Waals surface area (Å²) in [6.07, 6.45) is 0. The van der Waals surface area contributed by atoms with Crippen molar-refractivity contribution in [3.8, 4) is 0 Å². The second-order valence-electron chi connectivity index (χ2n) is 4.94. The van der Waals surface area contributed by atoms with Crippen LogP contribution in [0, 0.1) is 19.8 Å². The number of hydrogen-bond acceptors (Lipinski definition) is 4. The topological polar surface area (TPSA) is 92.5 Å². The molecule has 7 nitrogen and oxygen atoms in total. The van der Waals surface area contributed by atoms with Crippen LogP contribution in [-0.2, 0) is 11.8 Å². The Labute approximate surface area is 116 Å². The molecule has 1 amide bonds. The molecule has 0 fully saturated rings. The third-order valence-corrected chi connectivity index (χ3v) is 3.26. The van der Waals surface area contributed by atoms with Gasteiger partial charge in [-0.2, -0.15) is 5.10 Å². The van der Waals surface area contributed by atoms with Gasteiger partial charge in [-0.3, -0.25) is 14.4 Å². The van der Waals surface area contributed by atoms with Crippen molar-refractivity contribution in [2.45, 2.75) is 20.8 Å². The van der Waals surface area contributed by atoms with Gasteiger partial charge in [0, 0.05) is 20.6 Å². The fraction of sp³-hybridized carbons (Fsp3) is 0.538. The Kier molecular flexibility index (Phi) is 4.65. The Morgan fingerprint density at radius 2 is 1.95 bits per heavy atom. The van der Waals surface area contributed by atoms with E-state index in [2.05, 4.69) is 5.10 Å². The second kappa shape index (κ2) is 5.85. The maximum absolute atomic E-state index is 12.3.